The molecule has 1 aliphatic heterocycles. The lowest BCUT2D eigenvalue weighted by atomic mass is 9.95. The Bertz CT molecular complexity index is 496. The summed E-state index contributed by atoms with van der Waals surface area (Å²) in [7, 11) is 1.84. The van der Waals surface area contributed by atoms with Gasteiger partial charge in [0.2, 0.25) is 5.91 Å². The average Bonchev–Trinajstić information content (AvgIpc) is 2.55. The molecule has 0 radical (unpaired) electrons. The standard InChI is InChI=1S/C17H24N2O3/c1-3-22-17(21)19-11-9-15(10-12-19)16(20)18(2)13-14-7-5-4-6-8-14/h4-8,15H,3,9-13H2,1-2H3. The van der Waals surface area contributed by atoms with Gasteiger partial charge >= 0.3 is 6.09 Å². The SMILES string of the molecule is CCOC(=O)N1CCC(C(=O)N(C)Cc2ccccc2)CC1. The highest BCUT2D eigenvalue weighted by Crippen LogP contribution is 2.20. The van der Waals surface area contributed by atoms with Gasteiger partial charge in [-0.05, 0) is 25.3 Å². The molecule has 2 rings (SSSR count). The van der Waals surface area contributed by atoms with E-state index in [0.29, 0.717) is 39.1 Å². The number of hydrogen-bond donors (Lipinski definition) is 0. The number of nitrogens with zero attached hydrogens (tertiary/aromatic N) is 2. The number of amides is 2. The van der Waals surface area contributed by atoms with Crippen molar-refractivity contribution in [3.63, 3.8) is 0 Å². The van der Waals surface area contributed by atoms with Crippen LogP contribution in [0.25, 0.3) is 0 Å². The van der Waals surface area contributed by atoms with Crippen LogP contribution < -0.4 is 0 Å². The van der Waals surface area contributed by atoms with Crippen molar-refractivity contribution in [3.05, 3.63) is 35.9 Å². The lowest BCUT2D eigenvalue weighted by molar-refractivity contribution is -0.136. The molecule has 1 heterocycles. The molecule has 0 aliphatic carbocycles. The third-order valence-electron chi connectivity index (χ3n) is 4.01. The van der Waals surface area contributed by atoms with E-state index in [1.807, 2.05) is 37.4 Å². The average molecular weight is 304 g/mol. The van der Waals surface area contributed by atoms with Crippen LogP contribution in [0.1, 0.15) is 25.3 Å². The molecular formula is C17H24N2O3. The summed E-state index contributed by atoms with van der Waals surface area (Å²) < 4.78 is 5.00. The molecule has 120 valence electrons. The first-order valence-electron chi connectivity index (χ1n) is 7.82. The summed E-state index contributed by atoms with van der Waals surface area (Å²) in [5.41, 5.74) is 1.13. The maximum absolute atomic E-state index is 12.5. The Morgan fingerprint density at radius 2 is 1.86 bits per heavy atom. The fraction of sp³-hybridized carbons (Fsp3) is 0.529. The van der Waals surface area contributed by atoms with Gasteiger partial charge in [0.25, 0.3) is 0 Å². The molecule has 0 N–H and O–H groups in total. The van der Waals surface area contributed by atoms with Gasteiger partial charge in [0.1, 0.15) is 0 Å². The minimum atomic E-state index is -0.272. The summed E-state index contributed by atoms with van der Waals surface area (Å²) in [5, 5.41) is 0. The van der Waals surface area contributed by atoms with Crippen LogP contribution in [0.3, 0.4) is 0 Å². The summed E-state index contributed by atoms with van der Waals surface area (Å²) in [6.07, 6.45) is 1.14. The summed E-state index contributed by atoms with van der Waals surface area (Å²) in [6.45, 7) is 3.99. The van der Waals surface area contributed by atoms with E-state index in [2.05, 4.69) is 0 Å². The zero-order valence-electron chi connectivity index (χ0n) is 13.3. The molecule has 1 fully saturated rings. The summed E-state index contributed by atoms with van der Waals surface area (Å²) in [4.78, 5) is 27.6. The number of benzene rings is 1. The van der Waals surface area contributed by atoms with E-state index in [0.717, 1.165) is 5.56 Å². The Morgan fingerprint density at radius 3 is 2.45 bits per heavy atom. The predicted octanol–water partition coefficient (Wildman–Crippen LogP) is 2.51. The molecule has 0 saturated carbocycles. The summed E-state index contributed by atoms with van der Waals surface area (Å²) in [6, 6.07) is 9.97. The molecule has 5 nitrogen and oxygen atoms in total. The van der Waals surface area contributed by atoms with Crippen LogP contribution in [0.15, 0.2) is 30.3 Å². The van der Waals surface area contributed by atoms with Gasteiger partial charge in [0, 0.05) is 32.6 Å². The Morgan fingerprint density at radius 1 is 1.23 bits per heavy atom. The third-order valence-corrected chi connectivity index (χ3v) is 4.01. The first-order chi connectivity index (χ1) is 10.6. The van der Waals surface area contributed by atoms with Gasteiger partial charge in [0.15, 0.2) is 0 Å². The Labute approximate surface area is 131 Å². The molecule has 1 aromatic carbocycles. The molecule has 0 spiro atoms. The zero-order valence-corrected chi connectivity index (χ0v) is 13.3. The van der Waals surface area contributed by atoms with Crippen LogP contribution in [0, 0.1) is 5.92 Å². The molecule has 1 aromatic rings. The second-order valence-corrected chi connectivity index (χ2v) is 5.64. The molecule has 0 aromatic heterocycles. The van der Waals surface area contributed by atoms with Gasteiger partial charge < -0.3 is 14.5 Å². The maximum atomic E-state index is 12.5. The lowest BCUT2D eigenvalue weighted by Crippen LogP contribution is -2.43. The third kappa shape index (κ3) is 4.23. The van der Waals surface area contributed by atoms with Crippen molar-refractivity contribution in [1.82, 2.24) is 9.80 Å². The van der Waals surface area contributed by atoms with Crippen molar-refractivity contribution in [1.29, 1.82) is 0 Å². The van der Waals surface area contributed by atoms with Crippen molar-refractivity contribution in [2.45, 2.75) is 26.3 Å². The van der Waals surface area contributed by atoms with E-state index in [-0.39, 0.29) is 17.9 Å². The molecule has 0 bridgehead atoms. The second kappa shape index (κ2) is 7.82. The van der Waals surface area contributed by atoms with Crippen LogP contribution in [0.4, 0.5) is 4.79 Å². The monoisotopic (exact) mass is 304 g/mol. The number of piperidine rings is 1. The van der Waals surface area contributed by atoms with E-state index in [1.54, 1.807) is 16.7 Å². The van der Waals surface area contributed by atoms with E-state index in [4.69, 9.17) is 4.74 Å². The largest absolute Gasteiger partial charge is 0.450 e. The van der Waals surface area contributed by atoms with E-state index in [1.165, 1.54) is 0 Å². The van der Waals surface area contributed by atoms with E-state index in [9.17, 15) is 9.59 Å². The minimum absolute atomic E-state index is 0.000566. The quantitative estimate of drug-likeness (QED) is 0.859. The van der Waals surface area contributed by atoms with Crippen molar-refractivity contribution >= 4 is 12.0 Å². The van der Waals surface area contributed by atoms with Gasteiger partial charge in [0.05, 0.1) is 6.61 Å². The van der Waals surface area contributed by atoms with Crippen LogP contribution in [-0.2, 0) is 16.1 Å². The van der Waals surface area contributed by atoms with Crippen molar-refractivity contribution in [2.75, 3.05) is 26.7 Å². The molecule has 5 heteroatoms. The van der Waals surface area contributed by atoms with Crippen LogP contribution >= 0.6 is 0 Å². The predicted molar refractivity (Wildman–Crippen MR) is 84.2 cm³/mol. The first-order valence-corrected chi connectivity index (χ1v) is 7.82. The number of rotatable bonds is 4. The zero-order chi connectivity index (χ0) is 15.9. The van der Waals surface area contributed by atoms with Crippen LogP contribution in [0.5, 0.6) is 0 Å². The van der Waals surface area contributed by atoms with E-state index < -0.39 is 0 Å². The fourth-order valence-corrected chi connectivity index (χ4v) is 2.77. The van der Waals surface area contributed by atoms with Crippen LogP contribution in [0.2, 0.25) is 0 Å². The highest BCUT2D eigenvalue weighted by atomic mass is 16.6. The van der Waals surface area contributed by atoms with Gasteiger partial charge in [-0.3, -0.25) is 4.79 Å². The summed E-state index contributed by atoms with van der Waals surface area (Å²) in [5.74, 6) is 0.159. The van der Waals surface area contributed by atoms with Crippen molar-refractivity contribution in [2.24, 2.45) is 5.92 Å². The van der Waals surface area contributed by atoms with Crippen molar-refractivity contribution < 1.29 is 14.3 Å². The molecule has 0 atom stereocenters. The maximum Gasteiger partial charge on any atom is 0.409 e. The number of hydrogen-bond acceptors (Lipinski definition) is 3. The Hall–Kier alpha value is -2.04. The smallest absolute Gasteiger partial charge is 0.409 e. The lowest BCUT2D eigenvalue weighted by Gasteiger charge is -2.32. The second-order valence-electron chi connectivity index (χ2n) is 5.64. The Balaban J connectivity index is 1.83. The highest BCUT2D eigenvalue weighted by molar-refractivity contribution is 5.79. The molecule has 1 saturated heterocycles. The normalized spacial score (nSPS) is 15.5. The first kappa shape index (κ1) is 16.3. The van der Waals surface area contributed by atoms with Crippen LogP contribution in [-0.4, -0.2) is 48.5 Å². The minimum Gasteiger partial charge on any atom is -0.450 e. The van der Waals surface area contributed by atoms with Gasteiger partial charge in [-0.15, -0.1) is 0 Å². The number of likely N-dealkylation sites (tertiary alicyclic amines) is 1. The van der Waals surface area contributed by atoms with Gasteiger partial charge in [-0.1, -0.05) is 30.3 Å². The van der Waals surface area contributed by atoms with Crippen molar-refractivity contribution in [3.8, 4) is 0 Å². The number of carbonyl (C=O) groups is 2. The molecule has 22 heavy (non-hydrogen) atoms. The molecule has 1 aliphatic rings. The highest BCUT2D eigenvalue weighted by Gasteiger charge is 2.29. The topological polar surface area (TPSA) is 49.9 Å². The molecule has 2 amide bonds. The fourth-order valence-electron chi connectivity index (χ4n) is 2.77. The number of ether oxygens (including phenoxy) is 1. The van der Waals surface area contributed by atoms with E-state index >= 15 is 0 Å². The molecule has 0 unspecified atom stereocenters. The van der Waals surface area contributed by atoms with Gasteiger partial charge in [-0.2, -0.15) is 0 Å². The summed E-state index contributed by atoms with van der Waals surface area (Å²) >= 11 is 0. The number of carbonyl (C=O) groups excluding carboxylic acids is 2. The molecular weight excluding hydrogens is 280 g/mol. The van der Waals surface area contributed by atoms with Gasteiger partial charge in [-0.25, -0.2) is 4.79 Å². The Kier molecular flexibility index (Phi) is 5.81.